The summed E-state index contributed by atoms with van der Waals surface area (Å²) in [5.74, 6) is 0.103. The Balaban J connectivity index is 1.70. The van der Waals surface area contributed by atoms with E-state index in [2.05, 4.69) is 15.4 Å². The van der Waals surface area contributed by atoms with Crippen LogP contribution in [0, 0.1) is 0 Å². The molecule has 0 spiro atoms. The molecule has 0 aliphatic heterocycles. The summed E-state index contributed by atoms with van der Waals surface area (Å²) in [5.41, 5.74) is 1.79. The minimum atomic E-state index is -3.17. The van der Waals surface area contributed by atoms with Gasteiger partial charge in [0, 0.05) is 18.4 Å². The van der Waals surface area contributed by atoms with Crippen LogP contribution in [0.3, 0.4) is 0 Å². The van der Waals surface area contributed by atoms with Gasteiger partial charge in [-0.3, -0.25) is 4.79 Å². The molecule has 34 heavy (non-hydrogen) atoms. The number of amides is 1. The molecule has 0 bridgehead atoms. The van der Waals surface area contributed by atoms with Gasteiger partial charge < -0.3 is 15.5 Å². The number of sulfone groups is 1. The van der Waals surface area contributed by atoms with Gasteiger partial charge >= 0.3 is 0 Å². The second-order valence-electron chi connectivity index (χ2n) is 7.64. The molecule has 1 heterocycles. The number of aromatic nitrogens is 3. The summed E-state index contributed by atoms with van der Waals surface area (Å²) in [6, 6.07) is 19.9. The van der Waals surface area contributed by atoms with E-state index in [0.29, 0.717) is 28.2 Å². The summed E-state index contributed by atoms with van der Waals surface area (Å²) in [4.78, 5) is 16.9. The normalized spacial score (nSPS) is 11.3. The summed E-state index contributed by atoms with van der Waals surface area (Å²) in [7, 11) is -3.17. The van der Waals surface area contributed by atoms with Gasteiger partial charge in [-0.25, -0.2) is 18.1 Å². The molecule has 0 saturated carbocycles. The Hall–Kier alpha value is -4.18. The van der Waals surface area contributed by atoms with Crippen LogP contribution in [0.25, 0.3) is 28.5 Å². The number of benzene rings is 3. The molecule has 1 aromatic heterocycles. The highest BCUT2D eigenvalue weighted by atomic mass is 32.2. The van der Waals surface area contributed by atoms with Gasteiger partial charge in [-0.1, -0.05) is 24.3 Å². The molecule has 9 nitrogen and oxygen atoms in total. The Labute approximate surface area is 196 Å². The lowest BCUT2D eigenvalue weighted by atomic mass is 10.1. The molecule has 10 heteroatoms. The Morgan fingerprint density at radius 3 is 2.09 bits per heavy atom. The van der Waals surface area contributed by atoms with Crippen LogP contribution in [0.5, 0.6) is 11.5 Å². The van der Waals surface area contributed by atoms with E-state index in [0.717, 1.165) is 6.26 Å². The number of para-hydroxylation sites is 2. The zero-order valence-electron chi connectivity index (χ0n) is 18.2. The van der Waals surface area contributed by atoms with Gasteiger partial charge in [0.25, 0.3) is 5.91 Å². The van der Waals surface area contributed by atoms with Crippen LogP contribution in [0.15, 0.2) is 72.8 Å². The maximum absolute atomic E-state index is 12.3. The van der Waals surface area contributed by atoms with Gasteiger partial charge in [0.05, 0.1) is 22.6 Å². The molecule has 0 atom stereocenters. The van der Waals surface area contributed by atoms with Crippen LogP contribution in [0.2, 0.25) is 0 Å². The van der Waals surface area contributed by atoms with Crippen molar-refractivity contribution in [1.29, 1.82) is 0 Å². The highest BCUT2D eigenvalue weighted by molar-refractivity contribution is 7.90. The first-order valence-corrected chi connectivity index (χ1v) is 12.4. The third-order valence-electron chi connectivity index (χ3n) is 5.03. The lowest BCUT2D eigenvalue weighted by molar-refractivity contribution is 0.0956. The van der Waals surface area contributed by atoms with Gasteiger partial charge in [-0.05, 0) is 48.5 Å². The van der Waals surface area contributed by atoms with Crippen molar-refractivity contribution in [3.05, 3.63) is 78.4 Å². The Bertz CT molecular complexity index is 1450. The fourth-order valence-electron chi connectivity index (χ4n) is 3.31. The van der Waals surface area contributed by atoms with E-state index in [1.807, 2.05) is 0 Å². The van der Waals surface area contributed by atoms with E-state index in [1.165, 1.54) is 16.8 Å². The Morgan fingerprint density at radius 1 is 0.912 bits per heavy atom. The molecule has 3 N–H and O–H groups in total. The van der Waals surface area contributed by atoms with Crippen molar-refractivity contribution in [1.82, 2.24) is 20.1 Å². The van der Waals surface area contributed by atoms with Crippen molar-refractivity contribution in [2.75, 3.05) is 18.6 Å². The number of phenolic OH excluding ortho intramolecular Hbond substituents is 2. The maximum Gasteiger partial charge on any atom is 0.251 e. The summed E-state index contributed by atoms with van der Waals surface area (Å²) >= 11 is 0. The molecular formula is C24H22N4O5S. The number of hydrogen-bond donors (Lipinski definition) is 3. The zero-order chi connectivity index (χ0) is 24.3. The highest BCUT2D eigenvalue weighted by Crippen LogP contribution is 2.33. The van der Waals surface area contributed by atoms with Crippen molar-refractivity contribution < 1.29 is 23.4 Å². The molecular weight excluding hydrogens is 456 g/mol. The molecule has 0 radical (unpaired) electrons. The van der Waals surface area contributed by atoms with E-state index < -0.39 is 15.7 Å². The van der Waals surface area contributed by atoms with Gasteiger partial charge in [0.1, 0.15) is 21.3 Å². The number of rotatable bonds is 7. The quantitative estimate of drug-likeness (QED) is 0.372. The Kier molecular flexibility index (Phi) is 6.33. The summed E-state index contributed by atoms with van der Waals surface area (Å²) < 4.78 is 24.0. The standard InChI is InChI=1S/C24H22N4O5S/c1-34(32,33)15-14-25-24(31)16-10-12-17(13-11-16)28-23(19-7-3-5-9-21(19)30)26-22(27-28)18-6-2-4-8-20(18)29/h2-13,29-30H,14-15H2,1H3,(H,25,31). The fraction of sp³-hybridized carbons (Fsp3) is 0.125. The monoisotopic (exact) mass is 478 g/mol. The predicted molar refractivity (Wildman–Crippen MR) is 128 cm³/mol. The number of hydrogen-bond acceptors (Lipinski definition) is 7. The minimum Gasteiger partial charge on any atom is -0.507 e. The third kappa shape index (κ3) is 5.07. The lowest BCUT2D eigenvalue weighted by Crippen LogP contribution is -2.28. The van der Waals surface area contributed by atoms with Gasteiger partial charge in [-0.2, -0.15) is 0 Å². The number of aromatic hydroxyl groups is 2. The second kappa shape index (κ2) is 9.36. The first-order chi connectivity index (χ1) is 16.2. The van der Waals surface area contributed by atoms with Crippen molar-refractivity contribution in [3.63, 3.8) is 0 Å². The average Bonchev–Trinajstić information content (AvgIpc) is 3.24. The molecule has 1 amide bonds. The molecule has 0 unspecified atom stereocenters. The summed E-state index contributed by atoms with van der Waals surface area (Å²) in [6.45, 7) is 0.0177. The third-order valence-corrected chi connectivity index (χ3v) is 5.98. The predicted octanol–water partition coefficient (Wildman–Crippen LogP) is 2.79. The highest BCUT2D eigenvalue weighted by Gasteiger charge is 2.19. The van der Waals surface area contributed by atoms with E-state index in [1.54, 1.807) is 60.7 Å². The van der Waals surface area contributed by atoms with Crippen LogP contribution < -0.4 is 5.32 Å². The number of carbonyl (C=O) groups excluding carboxylic acids is 1. The van der Waals surface area contributed by atoms with Gasteiger partial charge in [0.15, 0.2) is 11.6 Å². The van der Waals surface area contributed by atoms with Crippen LogP contribution >= 0.6 is 0 Å². The number of carbonyl (C=O) groups is 1. The maximum atomic E-state index is 12.3. The topological polar surface area (TPSA) is 134 Å². The summed E-state index contributed by atoms with van der Waals surface area (Å²) in [6.07, 6.45) is 1.11. The van der Waals surface area contributed by atoms with Crippen LogP contribution in [0.4, 0.5) is 0 Å². The number of nitrogens with one attached hydrogen (secondary N) is 1. The molecule has 0 saturated heterocycles. The largest absolute Gasteiger partial charge is 0.507 e. The smallest absolute Gasteiger partial charge is 0.251 e. The van der Waals surface area contributed by atoms with Crippen molar-refractivity contribution in [2.24, 2.45) is 0 Å². The van der Waals surface area contributed by atoms with Crippen molar-refractivity contribution in [2.45, 2.75) is 0 Å². The SMILES string of the molecule is CS(=O)(=O)CCNC(=O)c1ccc(-n2nc(-c3ccccc3O)nc2-c2ccccc2O)cc1. The first kappa shape index (κ1) is 23.0. The van der Waals surface area contributed by atoms with Crippen LogP contribution in [0.1, 0.15) is 10.4 Å². The van der Waals surface area contributed by atoms with E-state index in [9.17, 15) is 23.4 Å². The average molecular weight is 479 g/mol. The molecule has 174 valence electrons. The molecule has 4 rings (SSSR count). The Morgan fingerprint density at radius 2 is 1.50 bits per heavy atom. The van der Waals surface area contributed by atoms with E-state index in [-0.39, 0.29) is 29.6 Å². The van der Waals surface area contributed by atoms with Crippen LogP contribution in [-0.4, -0.2) is 57.9 Å². The molecule has 0 fully saturated rings. The molecule has 0 aliphatic rings. The molecule has 3 aromatic carbocycles. The van der Waals surface area contributed by atoms with Crippen molar-refractivity contribution >= 4 is 15.7 Å². The first-order valence-electron chi connectivity index (χ1n) is 10.3. The number of nitrogens with zero attached hydrogens (tertiary/aromatic N) is 3. The van der Waals surface area contributed by atoms with E-state index >= 15 is 0 Å². The fourth-order valence-corrected chi connectivity index (χ4v) is 3.78. The minimum absolute atomic E-state index is 0.0156. The van der Waals surface area contributed by atoms with Crippen LogP contribution in [-0.2, 0) is 9.84 Å². The van der Waals surface area contributed by atoms with Crippen molar-refractivity contribution in [3.8, 4) is 40.0 Å². The lowest BCUT2D eigenvalue weighted by Gasteiger charge is -2.09. The van der Waals surface area contributed by atoms with Gasteiger partial charge in [-0.15, -0.1) is 5.10 Å². The molecule has 0 aliphatic carbocycles. The number of phenols is 2. The zero-order valence-corrected chi connectivity index (χ0v) is 19.0. The van der Waals surface area contributed by atoms with Gasteiger partial charge in [0.2, 0.25) is 0 Å². The summed E-state index contributed by atoms with van der Waals surface area (Å²) in [5, 5.41) is 27.8. The molecule has 4 aromatic rings. The van der Waals surface area contributed by atoms with E-state index in [4.69, 9.17) is 0 Å². The second-order valence-corrected chi connectivity index (χ2v) is 9.90.